The van der Waals surface area contributed by atoms with Crippen LogP contribution in [0.3, 0.4) is 0 Å². The van der Waals surface area contributed by atoms with Gasteiger partial charge in [-0.3, -0.25) is 9.78 Å². The van der Waals surface area contributed by atoms with Crippen LogP contribution in [0.15, 0.2) is 18.3 Å². The van der Waals surface area contributed by atoms with Crippen LogP contribution in [-0.4, -0.2) is 20.7 Å². The van der Waals surface area contributed by atoms with Crippen LogP contribution in [0, 0.1) is 6.92 Å². The summed E-state index contributed by atoms with van der Waals surface area (Å²) < 4.78 is 1.82. The molecule has 106 valence electrons. The van der Waals surface area contributed by atoms with Gasteiger partial charge in [0.05, 0.1) is 5.69 Å². The Kier molecular flexibility index (Phi) is 4.17. The second-order valence-corrected chi connectivity index (χ2v) is 4.81. The lowest BCUT2D eigenvalue weighted by atomic mass is 10.1. The van der Waals surface area contributed by atoms with E-state index in [4.69, 9.17) is 5.73 Å². The summed E-state index contributed by atoms with van der Waals surface area (Å²) in [5.74, 6) is -0.465. The fraction of sp³-hybridized carbons (Fsp3) is 0.400. The van der Waals surface area contributed by atoms with Gasteiger partial charge < -0.3 is 5.73 Å². The molecular formula is C15H20N4O. The summed E-state index contributed by atoms with van der Waals surface area (Å²) in [6.45, 7) is 6.07. The molecule has 0 radical (unpaired) electrons. The van der Waals surface area contributed by atoms with Crippen molar-refractivity contribution >= 4 is 5.91 Å². The number of aryl methyl sites for hydroxylation is 1. The van der Waals surface area contributed by atoms with E-state index < -0.39 is 5.91 Å². The number of nitrogens with two attached hydrogens (primary N) is 1. The molecule has 2 heterocycles. The van der Waals surface area contributed by atoms with Crippen LogP contribution < -0.4 is 5.73 Å². The van der Waals surface area contributed by atoms with E-state index in [1.54, 1.807) is 6.20 Å². The lowest BCUT2D eigenvalue weighted by Gasteiger charge is -2.07. The Hall–Kier alpha value is -2.17. The Morgan fingerprint density at radius 1 is 1.40 bits per heavy atom. The first-order valence-corrected chi connectivity index (χ1v) is 6.92. The highest BCUT2D eigenvalue weighted by molar-refractivity contribution is 5.92. The van der Waals surface area contributed by atoms with Crippen LogP contribution in [0.2, 0.25) is 0 Å². The summed E-state index contributed by atoms with van der Waals surface area (Å²) in [4.78, 5) is 15.8. The molecule has 0 aromatic carbocycles. The predicted molar refractivity (Wildman–Crippen MR) is 78.0 cm³/mol. The third-order valence-corrected chi connectivity index (χ3v) is 3.28. The molecule has 2 aromatic heterocycles. The van der Waals surface area contributed by atoms with Crippen LogP contribution in [0.25, 0.3) is 5.69 Å². The fourth-order valence-electron chi connectivity index (χ4n) is 2.43. The van der Waals surface area contributed by atoms with Crippen molar-refractivity contribution in [2.75, 3.05) is 0 Å². The number of nitrogens with zero attached hydrogens (tertiary/aromatic N) is 3. The van der Waals surface area contributed by atoms with E-state index >= 15 is 0 Å². The highest BCUT2D eigenvalue weighted by Gasteiger charge is 2.20. The highest BCUT2D eigenvalue weighted by Crippen LogP contribution is 2.21. The molecule has 0 fully saturated rings. The Morgan fingerprint density at radius 3 is 2.70 bits per heavy atom. The maximum absolute atomic E-state index is 11.6. The van der Waals surface area contributed by atoms with Crippen molar-refractivity contribution in [3.63, 3.8) is 0 Å². The molecule has 0 aliphatic carbocycles. The second kappa shape index (κ2) is 5.86. The van der Waals surface area contributed by atoms with Gasteiger partial charge in [-0.25, -0.2) is 4.68 Å². The maximum atomic E-state index is 11.6. The van der Waals surface area contributed by atoms with Gasteiger partial charge in [0, 0.05) is 23.1 Å². The largest absolute Gasteiger partial charge is 0.364 e. The number of primary amides is 1. The quantitative estimate of drug-likeness (QED) is 0.906. The van der Waals surface area contributed by atoms with Crippen molar-refractivity contribution in [1.82, 2.24) is 14.8 Å². The molecule has 0 bridgehead atoms. The van der Waals surface area contributed by atoms with E-state index in [1.165, 1.54) is 0 Å². The molecule has 20 heavy (non-hydrogen) atoms. The van der Waals surface area contributed by atoms with E-state index in [2.05, 4.69) is 23.9 Å². The molecule has 0 saturated heterocycles. The van der Waals surface area contributed by atoms with Crippen molar-refractivity contribution in [3.05, 3.63) is 41.0 Å². The average Bonchev–Trinajstić information content (AvgIpc) is 2.78. The number of pyridine rings is 1. The van der Waals surface area contributed by atoms with E-state index in [-0.39, 0.29) is 0 Å². The van der Waals surface area contributed by atoms with Gasteiger partial charge in [-0.05, 0) is 31.9 Å². The minimum absolute atomic E-state index is 0.387. The summed E-state index contributed by atoms with van der Waals surface area (Å²) in [6.07, 6.45) is 4.31. The molecule has 5 nitrogen and oxygen atoms in total. The number of carbonyl (C=O) groups is 1. The Labute approximate surface area is 118 Å². The van der Waals surface area contributed by atoms with Crippen molar-refractivity contribution in [3.8, 4) is 5.69 Å². The van der Waals surface area contributed by atoms with Crippen molar-refractivity contribution in [2.45, 2.75) is 40.0 Å². The minimum atomic E-state index is -0.465. The van der Waals surface area contributed by atoms with Gasteiger partial charge in [0.1, 0.15) is 0 Å². The second-order valence-electron chi connectivity index (χ2n) is 4.81. The number of hydrogen-bond donors (Lipinski definition) is 1. The normalized spacial score (nSPS) is 10.8. The molecule has 0 saturated carbocycles. The fourth-order valence-corrected chi connectivity index (χ4v) is 2.43. The summed E-state index contributed by atoms with van der Waals surface area (Å²) >= 11 is 0. The lowest BCUT2D eigenvalue weighted by Crippen LogP contribution is -2.14. The number of aromatic nitrogens is 3. The van der Waals surface area contributed by atoms with Gasteiger partial charge in [-0.1, -0.05) is 20.3 Å². The first-order chi connectivity index (χ1) is 9.58. The molecule has 2 rings (SSSR count). The monoisotopic (exact) mass is 272 g/mol. The molecule has 0 aliphatic rings. The summed E-state index contributed by atoms with van der Waals surface area (Å²) in [6, 6.07) is 3.84. The molecular weight excluding hydrogens is 252 g/mol. The van der Waals surface area contributed by atoms with Gasteiger partial charge in [0.25, 0.3) is 5.91 Å². The zero-order valence-corrected chi connectivity index (χ0v) is 12.2. The molecule has 0 spiro atoms. The SMILES string of the molecule is CCCc1c(C(N)=O)nn(-c2ccnc(C)c2)c1CC. The zero-order chi connectivity index (χ0) is 14.7. The maximum Gasteiger partial charge on any atom is 0.269 e. The smallest absolute Gasteiger partial charge is 0.269 e. The minimum Gasteiger partial charge on any atom is -0.364 e. The standard InChI is InChI=1S/C15H20N4O/c1-4-6-12-13(5-2)19(18-14(12)15(16)20)11-7-8-17-10(3)9-11/h7-9H,4-6H2,1-3H3,(H2,16,20). The van der Waals surface area contributed by atoms with Gasteiger partial charge in [0.15, 0.2) is 5.69 Å². The van der Waals surface area contributed by atoms with Crippen LogP contribution in [0.1, 0.15) is 47.7 Å². The number of amides is 1. The topological polar surface area (TPSA) is 73.8 Å². The summed E-state index contributed by atoms with van der Waals surface area (Å²) in [5, 5.41) is 4.42. The first-order valence-electron chi connectivity index (χ1n) is 6.92. The average molecular weight is 272 g/mol. The molecule has 0 atom stereocenters. The van der Waals surface area contributed by atoms with E-state index in [1.807, 2.05) is 23.7 Å². The van der Waals surface area contributed by atoms with Crippen LogP contribution in [-0.2, 0) is 12.8 Å². The zero-order valence-electron chi connectivity index (χ0n) is 12.2. The molecule has 0 unspecified atom stereocenters. The predicted octanol–water partition coefficient (Wildman–Crippen LogP) is 2.19. The van der Waals surface area contributed by atoms with Crippen LogP contribution in [0.4, 0.5) is 0 Å². The van der Waals surface area contributed by atoms with E-state index in [9.17, 15) is 4.79 Å². The van der Waals surface area contributed by atoms with Crippen molar-refractivity contribution < 1.29 is 4.79 Å². The van der Waals surface area contributed by atoms with Crippen molar-refractivity contribution in [2.24, 2.45) is 5.73 Å². The third kappa shape index (κ3) is 2.57. The van der Waals surface area contributed by atoms with Crippen LogP contribution >= 0.6 is 0 Å². The highest BCUT2D eigenvalue weighted by atomic mass is 16.1. The Bertz CT molecular complexity index is 631. The molecule has 2 aromatic rings. The Balaban J connectivity index is 2.64. The van der Waals surface area contributed by atoms with Gasteiger partial charge in [0.2, 0.25) is 0 Å². The lowest BCUT2D eigenvalue weighted by molar-refractivity contribution is 0.0994. The number of rotatable bonds is 5. The van der Waals surface area contributed by atoms with Crippen LogP contribution in [0.5, 0.6) is 0 Å². The van der Waals surface area contributed by atoms with Gasteiger partial charge in [-0.2, -0.15) is 5.10 Å². The van der Waals surface area contributed by atoms with Gasteiger partial charge in [-0.15, -0.1) is 0 Å². The van der Waals surface area contributed by atoms with Crippen molar-refractivity contribution in [1.29, 1.82) is 0 Å². The summed E-state index contributed by atoms with van der Waals surface area (Å²) in [7, 11) is 0. The van der Waals surface area contributed by atoms with E-state index in [0.717, 1.165) is 41.9 Å². The Morgan fingerprint density at radius 2 is 2.15 bits per heavy atom. The molecule has 0 aliphatic heterocycles. The summed E-state index contributed by atoms with van der Waals surface area (Å²) in [5.41, 5.74) is 9.70. The van der Waals surface area contributed by atoms with Gasteiger partial charge >= 0.3 is 0 Å². The van der Waals surface area contributed by atoms with E-state index in [0.29, 0.717) is 5.69 Å². The molecule has 2 N–H and O–H groups in total. The molecule has 5 heteroatoms. The third-order valence-electron chi connectivity index (χ3n) is 3.28. The number of carbonyl (C=O) groups excluding carboxylic acids is 1. The molecule has 1 amide bonds. The number of hydrogen-bond acceptors (Lipinski definition) is 3. The first kappa shape index (κ1) is 14.2.